The van der Waals surface area contributed by atoms with Gasteiger partial charge in [-0.15, -0.1) is 11.3 Å². The number of thioether (sulfide) groups is 1. The predicted octanol–water partition coefficient (Wildman–Crippen LogP) is 4.65. The van der Waals surface area contributed by atoms with Crippen molar-refractivity contribution in [1.29, 1.82) is 0 Å². The number of aromatic nitrogens is 1. The van der Waals surface area contributed by atoms with Crippen molar-refractivity contribution in [3.8, 4) is 0 Å². The van der Waals surface area contributed by atoms with E-state index in [0.29, 0.717) is 6.54 Å². The van der Waals surface area contributed by atoms with Gasteiger partial charge in [-0.3, -0.25) is 4.79 Å². The Morgan fingerprint density at radius 2 is 2.00 bits per heavy atom. The first-order chi connectivity index (χ1) is 12.1. The molecule has 7 heteroatoms. The third-order valence-electron chi connectivity index (χ3n) is 4.11. The lowest BCUT2D eigenvalue weighted by molar-refractivity contribution is -0.116. The summed E-state index contributed by atoms with van der Waals surface area (Å²) in [6.45, 7) is 0.642. The summed E-state index contributed by atoms with van der Waals surface area (Å²) in [6.07, 6.45) is 1.61. The van der Waals surface area contributed by atoms with E-state index >= 15 is 0 Å². The second kappa shape index (κ2) is 6.72. The van der Waals surface area contributed by atoms with Crippen LogP contribution in [0.25, 0.3) is 10.2 Å². The summed E-state index contributed by atoms with van der Waals surface area (Å²) in [6, 6.07) is 9.04. The Labute approximate surface area is 151 Å². The maximum absolute atomic E-state index is 13.4. The summed E-state index contributed by atoms with van der Waals surface area (Å²) in [5.74, 6) is -0.341. The molecule has 0 fully saturated rings. The number of nitrogens with zero attached hydrogens (tertiary/aromatic N) is 2. The van der Waals surface area contributed by atoms with Crippen molar-refractivity contribution in [2.45, 2.75) is 17.2 Å². The number of aryl methyl sites for hydroxylation is 1. The van der Waals surface area contributed by atoms with Crippen molar-refractivity contribution in [3.63, 3.8) is 0 Å². The van der Waals surface area contributed by atoms with Gasteiger partial charge in [0.2, 0.25) is 5.91 Å². The molecule has 0 saturated heterocycles. The predicted molar refractivity (Wildman–Crippen MR) is 97.4 cm³/mol. The van der Waals surface area contributed by atoms with Crippen molar-refractivity contribution in [3.05, 3.63) is 53.6 Å². The second-order valence-electron chi connectivity index (χ2n) is 5.80. The number of carbonyl (C=O) groups is 1. The first-order valence-corrected chi connectivity index (χ1v) is 9.68. The molecule has 2 heterocycles. The van der Waals surface area contributed by atoms with Gasteiger partial charge in [0.25, 0.3) is 0 Å². The lowest BCUT2D eigenvalue weighted by Gasteiger charge is -2.29. The van der Waals surface area contributed by atoms with Crippen LogP contribution in [0.3, 0.4) is 0 Å². The van der Waals surface area contributed by atoms with Gasteiger partial charge in [-0.2, -0.15) is 0 Å². The molecule has 4 rings (SSSR count). The standard InChI is InChI=1S/C18H14F2N2OS2/c19-12-4-6-15-11(8-12)2-1-7-22(15)17(23)10-24-18-21-14-5-3-13(20)9-16(14)25-18/h3-6,8-9H,1-2,7,10H2. The number of thiazole rings is 1. The zero-order chi connectivity index (χ0) is 17.4. The molecule has 25 heavy (non-hydrogen) atoms. The lowest BCUT2D eigenvalue weighted by atomic mass is 10.0. The summed E-state index contributed by atoms with van der Waals surface area (Å²) < 4.78 is 28.2. The molecule has 0 atom stereocenters. The molecule has 0 unspecified atom stereocenters. The Morgan fingerprint density at radius 1 is 1.20 bits per heavy atom. The third-order valence-corrected chi connectivity index (χ3v) is 6.26. The summed E-state index contributed by atoms with van der Waals surface area (Å²) in [5.41, 5.74) is 2.41. The highest BCUT2D eigenvalue weighted by Gasteiger charge is 2.23. The summed E-state index contributed by atoms with van der Waals surface area (Å²) in [4.78, 5) is 18.8. The van der Waals surface area contributed by atoms with Crippen LogP contribution in [0.2, 0.25) is 0 Å². The summed E-state index contributed by atoms with van der Waals surface area (Å²) >= 11 is 2.73. The first kappa shape index (κ1) is 16.5. The second-order valence-corrected chi connectivity index (χ2v) is 8.06. The van der Waals surface area contributed by atoms with Crippen molar-refractivity contribution in [2.24, 2.45) is 0 Å². The van der Waals surface area contributed by atoms with Gasteiger partial charge in [0.1, 0.15) is 11.6 Å². The number of halogens is 2. The van der Waals surface area contributed by atoms with Gasteiger partial charge in [0, 0.05) is 12.2 Å². The number of hydrogen-bond donors (Lipinski definition) is 0. The molecule has 128 valence electrons. The van der Waals surface area contributed by atoms with Crippen LogP contribution in [0.5, 0.6) is 0 Å². The Morgan fingerprint density at radius 3 is 2.88 bits per heavy atom. The molecule has 1 aromatic heterocycles. The number of carbonyl (C=O) groups excluding carboxylic acids is 1. The maximum Gasteiger partial charge on any atom is 0.237 e. The highest BCUT2D eigenvalue weighted by atomic mass is 32.2. The Bertz CT molecular complexity index is 957. The molecule has 0 spiro atoms. The van der Waals surface area contributed by atoms with Crippen LogP contribution >= 0.6 is 23.1 Å². The molecule has 2 aromatic carbocycles. The fourth-order valence-corrected chi connectivity index (χ4v) is 4.93. The average molecular weight is 376 g/mol. The van der Waals surface area contributed by atoms with E-state index in [4.69, 9.17) is 0 Å². The Kier molecular flexibility index (Phi) is 4.43. The van der Waals surface area contributed by atoms with Crippen molar-refractivity contribution < 1.29 is 13.6 Å². The van der Waals surface area contributed by atoms with Crippen LogP contribution in [0.1, 0.15) is 12.0 Å². The molecule has 1 amide bonds. The van der Waals surface area contributed by atoms with Gasteiger partial charge in [-0.1, -0.05) is 11.8 Å². The van der Waals surface area contributed by atoms with Crippen LogP contribution in [0.4, 0.5) is 14.5 Å². The fraction of sp³-hybridized carbons (Fsp3) is 0.222. The average Bonchev–Trinajstić information content (AvgIpc) is 3.00. The van der Waals surface area contributed by atoms with Gasteiger partial charge in [-0.05, 0) is 54.8 Å². The van der Waals surface area contributed by atoms with E-state index in [-0.39, 0.29) is 23.3 Å². The Balaban J connectivity index is 1.49. The minimum Gasteiger partial charge on any atom is -0.311 e. The largest absolute Gasteiger partial charge is 0.311 e. The van der Waals surface area contributed by atoms with Gasteiger partial charge in [0.15, 0.2) is 4.34 Å². The minimum absolute atomic E-state index is 0.0250. The number of amides is 1. The SMILES string of the molecule is O=C(CSc1nc2ccc(F)cc2s1)N1CCCc2cc(F)ccc21. The Hall–Kier alpha value is -1.99. The van der Waals surface area contributed by atoms with Crippen molar-refractivity contribution in [1.82, 2.24) is 4.98 Å². The zero-order valence-electron chi connectivity index (χ0n) is 13.2. The smallest absolute Gasteiger partial charge is 0.237 e. The molecule has 1 aliphatic heterocycles. The quantitative estimate of drug-likeness (QED) is 0.624. The van der Waals surface area contributed by atoms with E-state index in [1.165, 1.54) is 47.4 Å². The molecular weight excluding hydrogens is 362 g/mol. The van der Waals surface area contributed by atoms with Crippen LogP contribution < -0.4 is 4.90 Å². The van der Waals surface area contributed by atoms with Gasteiger partial charge >= 0.3 is 0 Å². The molecule has 3 nitrogen and oxygen atoms in total. The van der Waals surface area contributed by atoms with Crippen molar-refractivity contribution in [2.75, 3.05) is 17.2 Å². The third kappa shape index (κ3) is 3.39. The van der Waals surface area contributed by atoms with Crippen LogP contribution in [-0.2, 0) is 11.2 Å². The number of anilines is 1. The summed E-state index contributed by atoms with van der Waals surface area (Å²) in [7, 11) is 0. The molecule has 1 aliphatic rings. The monoisotopic (exact) mass is 376 g/mol. The minimum atomic E-state index is -0.291. The molecule has 0 bridgehead atoms. The number of hydrogen-bond acceptors (Lipinski definition) is 4. The van der Waals surface area contributed by atoms with E-state index in [1.54, 1.807) is 17.0 Å². The van der Waals surface area contributed by atoms with Gasteiger partial charge in [-0.25, -0.2) is 13.8 Å². The molecule has 0 radical (unpaired) electrons. The van der Waals surface area contributed by atoms with E-state index in [2.05, 4.69) is 4.98 Å². The normalized spacial score (nSPS) is 13.9. The molecular formula is C18H14F2N2OS2. The van der Waals surface area contributed by atoms with E-state index in [1.807, 2.05) is 0 Å². The van der Waals surface area contributed by atoms with E-state index in [0.717, 1.165) is 38.6 Å². The fourth-order valence-electron chi connectivity index (χ4n) is 2.97. The number of fused-ring (bicyclic) bond motifs is 2. The topological polar surface area (TPSA) is 33.2 Å². The molecule has 0 aliphatic carbocycles. The molecule has 0 N–H and O–H groups in total. The van der Waals surface area contributed by atoms with Crippen LogP contribution in [0.15, 0.2) is 40.7 Å². The number of benzene rings is 2. The van der Waals surface area contributed by atoms with Crippen molar-refractivity contribution >= 4 is 44.9 Å². The van der Waals surface area contributed by atoms with E-state index in [9.17, 15) is 13.6 Å². The van der Waals surface area contributed by atoms with Gasteiger partial charge in [0.05, 0.1) is 16.0 Å². The van der Waals surface area contributed by atoms with Crippen LogP contribution in [-0.4, -0.2) is 23.2 Å². The first-order valence-electron chi connectivity index (χ1n) is 7.88. The zero-order valence-corrected chi connectivity index (χ0v) is 14.8. The maximum atomic E-state index is 13.4. The highest BCUT2D eigenvalue weighted by Crippen LogP contribution is 2.32. The lowest BCUT2D eigenvalue weighted by Crippen LogP contribution is -2.36. The number of rotatable bonds is 3. The molecule has 0 saturated carbocycles. The molecule has 3 aromatic rings. The van der Waals surface area contributed by atoms with Crippen LogP contribution in [0, 0.1) is 11.6 Å². The highest BCUT2D eigenvalue weighted by molar-refractivity contribution is 8.01. The summed E-state index contributed by atoms with van der Waals surface area (Å²) in [5, 5.41) is 0. The van der Waals surface area contributed by atoms with Gasteiger partial charge < -0.3 is 4.90 Å². The van der Waals surface area contributed by atoms with E-state index < -0.39 is 0 Å².